The van der Waals surface area contributed by atoms with Gasteiger partial charge in [-0.25, -0.2) is 0 Å². The Balaban J connectivity index is 0. The lowest BCUT2D eigenvalue weighted by atomic mass is 10.1. The second-order valence-corrected chi connectivity index (χ2v) is 2.43. The zero-order valence-electron chi connectivity index (χ0n) is 5.68. The van der Waals surface area contributed by atoms with Gasteiger partial charge in [-0.3, -0.25) is 0 Å². The largest absolute Gasteiger partial charge is 0.411 e. The van der Waals surface area contributed by atoms with E-state index in [2.05, 4.69) is 19.0 Å². The highest BCUT2D eigenvalue weighted by molar-refractivity contribution is 5.81. The molecule has 56 valence electrons. The highest BCUT2D eigenvalue weighted by Gasteiger charge is 1.95. The van der Waals surface area contributed by atoms with Crippen molar-refractivity contribution in [3.63, 3.8) is 0 Å². The molecule has 0 amide bonds. The maximum atomic E-state index is 8.17. The van der Waals surface area contributed by atoms with E-state index < -0.39 is 0 Å². The van der Waals surface area contributed by atoms with E-state index in [1.54, 1.807) is 0 Å². The van der Waals surface area contributed by atoms with Crippen LogP contribution in [-0.4, -0.2) is 21.9 Å². The molecule has 0 rings (SSSR count). The van der Waals surface area contributed by atoms with Crippen LogP contribution in [0.4, 0.5) is 0 Å². The van der Waals surface area contributed by atoms with E-state index in [0.717, 1.165) is 12.1 Å². The van der Waals surface area contributed by atoms with Crippen LogP contribution in [0.2, 0.25) is 0 Å². The van der Waals surface area contributed by atoms with Crippen molar-refractivity contribution >= 4 is 16.7 Å². The second kappa shape index (κ2) is 5.82. The zero-order chi connectivity index (χ0) is 6.57. The minimum atomic E-state index is 0. The topological polar surface area (TPSA) is 32.6 Å². The lowest BCUT2D eigenvalue weighted by molar-refractivity contribution is 0.316. The van der Waals surface area contributed by atoms with Crippen LogP contribution >= 0.6 is 0 Å². The quantitative estimate of drug-likeness (QED) is 0.261. The Morgan fingerprint density at radius 2 is 2.00 bits per heavy atom. The first kappa shape index (κ1) is 11.5. The predicted octanol–water partition coefficient (Wildman–Crippen LogP) is 0.431. The Morgan fingerprint density at radius 1 is 1.56 bits per heavy atom. The molecule has 0 fully saturated rings. The number of rotatable bonds is 2. The van der Waals surface area contributed by atoms with Crippen molar-refractivity contribution in [2.75, 3.05) is 0 Å². The van der Waals surface area contributed by atoms with E-state index in [1.807, 2.05) is 6.92 Å². The Kier molecular flexibility index (Phi) is 7.42. The monoisotopic (exact) mass is 147 g/mol. The summed E-state index contributed by atoms with van der Waals surface area (Å²) in [6.07, 6.45) is 0.885. The van der Waals surface area contributed by atoms with Gasteiger partial charge in [-0.15, -0.1) is 0 Å². The van der Waals surface area contributed by atoms with Crippen molar-refractivity contribution in [3.8, 4) is 0 Å². The average molecular weight is 147 g/mol. The van der Waals surface area contributed by atoms with Crippen LogP contribution < -0.4 is 0 Å². The Morgan fingerprint density at radius 3 is 2.11 bits per heavy atom. The summed E-state index contributed by atoms with van der Waals surface area (Å²) in [4.78, 5) is 0. The van der Waals surface area contributed by atoms with Gasteiger partial charge in [0.15, 0.2) is 0 Å². The van der Waals surface area contributed by atoms with Crippen molar-refractivity contribution in [1.29, 1.82) is 0 Å². The maximum Gasteiger partial charge on any atom is 0.0542 e. The van der Waals surface area contributed by atoms with Crippen LogP contribution in [0.15, 0.2) is 5.16 Å². The molecule has 0 unspecified atom stereocenters. The fraction of sp³-hybridized carbons (Fsp3) is 0.833. The van der Waals surface area contributed by atoms with E-state index in [4.69, 9.17) is 5.21 Å². The summed E-state index contributed by atoms with van der Waals surface area (Å²) in [5, 5.41) is 11.2. The lowest BCUT2D eigenvalue weighted by Gasteiger charge is -1.99. The van der Waals surface area contributed by atoms with Crippen molar-refractivity contribution in [3.05, 3.63) is 0 Å². The van der Waals surface area contributed by atoms with Crippen molar-refractivity contribution in [2.45, 2.75) is 27.2 Å². The smallest absolute Gasteiger partial charge is 0.0542 e. The number of nitrogens with zero attached hydrogens (tertiary/aromatic N) is 1. The van der Waals surface area contributed by atoms with E-state index in [0.29, 0.717) is 5.92 Å². The van der Waals surface area contributed by atoms with Crippen LogP contribution in [0.25, 0.3) is 0 Å². The third kappa shape index (κ3) is 7.69. The maximum absolute atomic E-state index is 8.17. The molecule has 0 aromatic heterocycles. The molecule has 3 heteroatoms. The molecular weight excluding hydrogens is 130 g/mol. The fourth-order valence-electron chi connectivity index (χ4n) is 0.632. The molecule has 0 saturated heterocycles. The van der Waals surface area contributed by atoms with Gasteiger partial charge < -0.3 is 5.21 Å². The van der Waals surface area contributed by atoms with Crippen LogP contribution in [0.5, 0.6) is 0 Å². The Hall–Kier alpha value is -0.313. The van der Waals surface area contributed by atoms with E-state index in [-0.39, 0.29) is 11.0 Å². The molecule has 0 heterocycles. The number of oxime groups is 1. The first-order valence-corrected chi connectivity index (χ1v) is 2.84. The standard InChI is InChI=1S/C6H13NO.H4Si/c1-5(2)4-6(3)7-8;/h5,8H,4H2,1-3H3;1H4. The van der Waals surface area contributed by atoms with E-state index in [9.17, 15) is 0 Å². The summed E-state index contributed by atoms with van der Waals surface area (Å²) >= 11 is 0. The van der Waals surface area contributed by atoms with Gasteiger partial charge in [0.25, 0.3) is 0 Å². The highest BCUT2D eigenvalue weighted by Crippen LogP contribution is 1.99. The minimum absolute atomic E-state index is 0. The molecule has 0 aliphatic carbocycles. The van der Waals surface area contributed by atoms with Crippen molar-refractivity contribution in [1.82, 2.24) is 0 Å². The molecule has 0 spiro atoms. The van der Waals surface area contributed by atoms with Gasteiger partial charge in [0, 0.05) is 0 Å². The predicted molar refractivity (Wildman–Crippen MR) is 45.7 cm³/mol. The SMILES string of the molecule is CC(CC(C)C)=NO.[SiH4]. The molecular formula is C6H17NOSi. The minimum Gasteiger partial charge on any atom is -0.411 e. The summed E-state index contributed by atoms with van der Waals surface area (Å²) in [5.41, 5.74) is 0.806. The third-order valence-corrected chi connectivity index (χ3v) is 0.874. The van der Waals surface area contributed by atoms with Gasteiger partial charge in [0.1, 0.15) is 0 Å². The Bertz CT molecular complexity index is 91.1. The molecule has 0 saturated carbocycles. The van der Waals surface area contributed by atoms with Crippen LogP contribution in [0.3, 0.4) is 0 Å². The summed E-state index contributed by atoms with van der Waals surface area (Å²) < 4.78 is 0. The van der Waals surface area contributed by atoms with Gasteiger partial charge in [-0.1, -0.05) is 19.0 Å². The summed E-state index contributed by atoms with van der Waals surface area (Å²) in [7, 11) is 0. The fourth-order valence-corrected chi connectivity index (χ4v) is 0.632. The molecule has 0 atom stereocenters. The zero-order valence-corrected chi connectivity index (χ0v) is 5.68. The van der Waals surface area contributed by atoms with E-state index in [1.165, 1.54) is 0 Å². The molecule has 1 N–H and O–H groups in total. The second-order valence-electron chi connectivity index (χ2n) is 2.43. The average Bonchev–Trinajstić information content (AvgIpc) is 1.65. The molecule has 0 aliphatic rings. The van der Waals surface area contributed by atoms with E-state index >= 15 is 0 Å². The first-order valence-electron chi connectivity index (χ1n) is 2.84. The molecule has 9 heavy (non-hydrogen) atoms. The van der Waals surface area contributed by atoms with Gasteiger partial charge in [0.05, 0.1) is 5.71 Å². The summed E-state index contributed by atoms with van der Waals surface area (Å²) in [6, 6.07) is 0. The van der Waals surface area contributed by atoms with Crippen LogP contribution in [0, 0.1) is 5.92 Å². The normalized spacial score (nSPS) is 11.3. The van der Waals surface area contributed by atoms with Gasteiger partial charge >= 0.3 is 0 Å². The summed E-state index contributed by atoms with van der Waals surface area (Å²) in [6.45, 7) is 6.00. The van der Waals surface area contributed by atoms with Gasteiger partial charge in [-0.05, 0) is 30.2 Å². The van der Waals surface area contributed by atoms with Crippen LogP contribution in [-0.2, 0) is 0 Å². The van der Waals surface area contributed by atoms with Gasteiger partial charge in [-0.2, -0.15) is 0 Å². The Labute approximate surface area is 61.0 Å². The van der Waals surface area contributed by atoms with Crippen LogP contribution in [0.1, 0.15) is 27.2 Å². The molecule has 0 aromatic carbocycles. The van der Waals surface area contributed by atoms with Gasteiger partial charge in [0.2, 0.25) is 0 Å². The van der Waals surface area contributed by atoms with Crippen molar-refractivity contribution < 1.29 is 5.21 Å². The molecule has 0 radical (unpaired) electrons. The highest BCUT2D eigenvalue weighted by atomic mass is 28.1. The number of hydrogen-bond donors (Lipinski definition) is 1. The molecule has 0 aromatic rings. The molecule has 2 nitrogen and oxygen atoms in total. The third-order valence-electron chi connectivity index (χ3n) is 0.874. The first-order chi connectivity index (χ1) is 3.66. The molecule has 0 aliphatic heterocycles. The lowest BCUT2D eigenvalue weighted by Crippen LogP contribution is -1.96. The van der Waals surface area contributed by atoms with Crippen molar-refractivity contribution in [2.24, 2.45) is 11.1 Å². The number of hydrogen-bond acceptors (Lipinski definition) is 2. The summed E-state index contributed by atoms with van der Waals surface area (Å²) in [5.74, 6) is 0.589. The molecule has 0 bridgehead atoms.